The molecule has 0 aliphatic rings. The highest BCUT2D eigenvalue weighted by atomic mass is 79.9. The average molecular weight is 352 g/mol. The fraction of sp³-hybridized carbons (Fsp3) is 0.500. The number of sulfonamides is 1. The van der Waals surface area contributed by atoms with Crippen molar-refractivity contribution in [1.82, 2.24) is 4.72 Å². The van der Waals surface area contributed by atoms with Crippen molar-refractivity contribution in [2.45, 2.75) is 24.2 Å². The Morgan fingerprint density at radius 1 is 1.22 bits per heavy atom. The van der Waals surface area contributed by atoms with Gasteiger partial charge in [0.1, 0.15) is 0 Å². The van der Waals surface area contributed by atoms with E-state index in [2.05, 4.69) is 26.9 Å². The third-order valence-corrected chi connectivity index (χ3v) is 5.61. The Hall–Kier alpha value is -0.0400. The van der Waals surface area contributed by atoms with Gasteiger partial charge in [0.25, 0.3) is 0 Å². The van der Waals surface area contributed by atoms with Gasteiger partial charge in [-0.2, -0.15) is 11.8 Å². The van der Waals surface area contributed by atoms with Crippen molar-refractivity contribution in [2.24, 2.45) is 0 Å². The largest absolute Gasteiger partial charge is 0.241 e. The first-order valence-corrected chi connectivity index (χ1v) is 9.48. The molecule has 1 N–H and O–H groups in total. The number of nitrogens with one attached hydrogen (secondary N) is 1. The molecule has 1 aromatic rings. The maximum Gasteiger partial charge on any atom is 0.241 e. The summed E-state index contributed by atoms with van der Waals surface area (Å²) in [4.78, 5) is 0.300. The van der Waals surface area contributed by atoms with Gasteiger partial charge in [0.15, 0.2) is 0 Å². The smallest absolute Gasteiger partial charge is 0.211 e. The summed E-state index contributed by atoms with van der Waals surface area (Å²) in [6, 6.07) is 6.84. The molecule has 0 atom stereocenters. The molecule has 0 aromatic heterocycles. The zero-order valence-corrected chi connectivity index (χ0v) is 13.6. The van der Waals surface area contributed by atoms with E-state index in [0.717, 1.165) is 25.0 Å². The second kappa shape index (κ2) is 8.19. The van der Waals surface area contributed by atoms with Crippen LogP contribution in [0.5, 0.6) is 0 Å². The molecule has 0 fully saturated rings. The number of rotatable bonds is 8. The van der Waals surface area contributed by atoms with Gasteiger partial charge in [-0.3, -0.25) is 0 Å². The van der Waals surface area contributed by atoms with E-state index in [-0.39, 0.29) is 0 Å². The molecule has 1 rings (SSSR count). The van der Waals surface area contributed by atoms with E-state index in [0.29, 0.717) is 15.9 Å². The van der Waals surface area contributed by atoms with Gasteiger partial charge in [-0.05, 0) is 52.9 Å². The molecule has 0 unspecified atom stereocenters. The van der Waals surface area contributed by atoms with Crippen molar-refractivity contribution in [3.05, 3.63) is 28.7 Å². The number of unbranched alkanes of at least 4 members (excludes halogenated alkanes) is 2. The summed E-state index contributed by atoms with van der Waals surface area (Å²) in [5.74, 6) is 1.14. The molecule has 18 heavy (non-hydrogen) atoms. The van der Waals surface area contributed by atoms with Crippen LogP contribution in [0, 0.1) is 0 Å². The SMILES string of the molecule is CSCCCCCNS(=O)(=O)c1ccccc1Br. The molecule has 0 amide bonds. The Balaban J connectivity index is 2.44. The van der Waals surface area contributed by atoms with Crippen LogP contribution >= 0.6 is 27.7 Å². The van der Waals surface area contributed by atoms with Gasteiger partial charge in [-0.25, -0.2) is 13.1 Å². The number of benzene rings is 1. The molecule has 1 aromatic carbocycles. The number of thioether (sulfide) groups is 1. The predicted octanol–water partition coefficient (Wildman–Crippen LogP) is 3.26. The van der Waals surface area contributed by atoms with Crippen LogP contribution in [-0.4, -0.2) is 27.0 Å². The van der Waals surface area contributed by atoms with Crippen molar-refractivity contribution in [1.29, 1.82) is 0 Å². The molecule has 0 aliphatic heterocycles. The maximum atomic E-state index is 12.0. The first kappa shape index (κ1) is 16.0. The van der Waals surface area contributed by atoms with Gasteiger partial charge >= 0.3 is 0 Å². The van der Waals surface area contributed by atoms with E-state index in [1.165, 1.54) is 0 Å². The molecule has 6 heteroatoms. The zero-order valence-electron chi connectivity index (χ0n) is 10.4. The number of hydrogen-bond donors (Lipinski definition) is 1. The van der Waals surface area contributed by atoms with Crippen LogP contribution < -0.4 is 4.72 Å². The molecule has 0 aliphatic carbocycles. The molecule has 0 heterocycles. The van der Waals surface area contributed by atoms with E-state index >= 15 is 0 Å². The lowest BCUT2D eigenvalue weighted by atomic mass is 10.2. The van der Waals surface area contributed by atoms with Gasteiger partial charge in [0.05, 0.1) is 4.90 Å². The minimum Gasteiger partial charge on any atom is -0.211 e. The molecular formula is C12H18BrNO2S2. The van der Waals surface area contributed by atoms with Gasteiger partial charge in [0.2, 0.25) is 10.0 Å². The summed E-state index contributed by atoms with van der Waals surface area (Å²) in [6.07, 6.45) is 5.15. The molecular weight excluding hydrogens is 334 g/mol. The van der Waals surface area contributed by atoms with Crippen LogP contribution in [0.4, 0.5) is 0 Å². The van der Waals surface area contributed by atoms with E-state index in [1.54, 1.807) is 24.3 Å². The normalized spacial score (nSPS) is 11.7. The average Bonchev–Trinajstić information content (AvgIpc) is 2.34. The summed E-state index contributed by atoms with van der Waals surface area (Å²) in [6.45, 7) is 0.498. The third-order valence-electron chi connectivity index (χ3n) is 2.44. The Bertz CT molecular complexity index is 463. The highest BCUT2D eigenvalue weighted by molar-refractivity contribution is 9.10. The van der Waals surface area contributed by atoms with E-state index in [9.17, 15) is 8.42 Å². The molecule has 0 spiro atoms. The Morgan fingerprint density at radius 2 is 1.94 bits per heavy atom. The molecule has 0 radical (unpaired) electrons. The minimum absolute atomic E-state index is 0.300. The Labute approximate surface area is 122 Å². The number of halogens is 1. The summed E-state index contributed by atoms with van der Waals surface area (Å²) in [5.41, 5.74) is 0. The second-order valence-corrected chi connectivity index (χ2v) is 7.46. The summed E-state index contributed by atoms with van der Waals surface area (Å²) < 4.78 is 27.2. The highest BCUT2D eigenvalue weighted by Gasteiger charge is 2.15. The lowest BCUT2D eigenvalue weighted by molar-refractivity contribution is 0.575. The zero-order chi connectivity index (χ0) is 13.4. The van der Waals surface area contributed by atoms with Crippen molar-refractivity contribution < 1.29 is 8.42 Å². The molecule has 3 nitrogen and oxygen atoms in total. The van der Waals surface area contributed by atoms with Crippen molar-refractivity contribution in [3.8, 4) is 0 Å². The summed E-state index contributed by atoms with van der Waals surface area (Å²) in [7, 11) is -3.39. The van der Waals surface area contributed by atoms with Crippen LogP contribution in [0.2, 0.25) is 0 Å². The van der Waals surface area contributed by atoms with E-state index < -0.39 is 10.0 Å². The van der Waals surface area contributed by atoms with Crippen molar-refractivity contribution in [3.63, 3.8) is 0 Å². The lowest BCUT2D eigenvalue weighted by Crippen LogP contribution is -2.25. The van der Waals surface area contributed by atoms with Gasteiger partial charge < -0.3 is 0 Å². The standard InChI is InChI=1S/C12H18BrNO2S2/c1-17-10-6-2-5-9-14-18(15,16)12-8-4-3-7-11(12)13/h3-4,7-8,14H,2,5-6,9-10H2,1H3. The molecule has 102 valence electrons. The fourth-order valence-electron chi connectivity index (χ4n) is 1.50. The van der Waals surface area contributed by atoms with Gasteiger partial charge in [-0.1, -0.05) is 18.6 Å². The minimum atomic E-state index is -3.39. The van der Waals surface area contributed by atoms with E-state index in [4.69, 9.17) is 0 Å². The van der Waals surface area contributed by atoms with Crippen LogP contribution in [0.25, 0.3) is 0 Å². The molecule has 0 saturated carbocycles. The van der Waals surface area contributed by atoms with Gasteiger partial charge in [0, 0.05) is 11.0 Å². The van der Waals surface area contributed by atoms with Crippen LogP contribution in [0.15, 0.2) is 33.6 Å². The summed E-state index contributed by atoms with van der Waals surface area (Å²) >= 11 is 5.07. The van der Waals surface area contributed by atoms with Crippen molar-refractivity contribution in [2.75, 3.05) is 18.6 Å². The lowest BCUT2D eigenvalue weighted by Gasteiger charge is -2.08. The van der Waals surface area contributed by atoms with Crippen molar-refractivity contribution >= 4 is 37.7 Å². The van der Waals surface area contributed by atoms with E-state index in [1.807, 2.05) is 11.8 Å². The second-order valence-electron chi connectivity index (χ2n) is 3.88. The fourth-order valence-corrected chi connectivity index (χ4v) is 4.06. The van der Waals surface area contributed by atoms with Crippen LogP contribution in [0.3, 0.4) is 0 Å². The Morgan fingerprint density at radius 3 is 2.61 bits per heavy atom. The van der Waals surface area contributed by atoms with Crippen LogP contribution in [0.1, 0.15) is 19.3 Å². The molecule has 0 bridgehead atoms. The third kappa shape index (κ3) is 5.30. The Kier molecular flexibility index (Phi) is 7.29. The predicted molar refractivity (Wildman–Crippen MR) is 81.6 cm³/mol. The highest BCUT2D eigenvalue weighted by Crippen LogP contribution is 2.20. The maximum absolute atomic E-state index is 12.0. The molecule has 0 saturated heterocycles. The van der Waals surface area contributed by atoms with Crippen LogP contribution in [-0.2, 0) is 10.0 Å². The van der Waals surface area contributed by atoms with Gasteiger partial charge in [-0.15, -0.1) is 0 Å². The number of hydrogen-bond acceptors (Lipinski definition) is 3. The first-order chi connectivity index (χ1) is 8.58. The quantitative estimate of drug-likeness (QED) is 0.731. The topological polar surface area (TPSA) is 46.2 Å². The first-order valence-electron chi connectivity index (χ1n) is 5.81. The summed E-state index contributed by atoms with van der Waals surface area (Å²) in [5, 5.41) is 0. The monoisotopic (exact) mass is 351 g/mol.